The lowest BCUT2D eigenvalue weighted by Gasteiger charge is -2.15. The van der Waals surface area contributed by atoms with Gasteiger partial charge in [-0.15, -0.1) is 0 Å². The molecule has 0 atom stereocenters. The van der Waals surface area contributed by atoms with Crippen LogP contribution in [0.4, 0.5) is 11.4 Å². The molecule has 0 saturated heterocycles. The number of nitrogens with two attached hydrogens (primary N) is 2. The molecule has 118 valence electrons. The van der Waals surface area contributed by atoms with E-state index in [9.17, 15) is 25.9 Å². The zero-order valence-electron chi connectivity index (χ0n) is 11.0. The first-order valence-corrected chi connectivity index (χ1v) is 7.87. The topological polar surface area (TPSA) is 222 Å². The molecule has 1 rings (SSSR count). The monoisotopic (exact) mass is 330 g/mol. The Morgan fingerprint density at radius 2 is 1.05 bits per heavy atom. The van der Waals surface area contributed by atoms with Crippen LogP contribution in [0.1, 0.15) is 0 Å². The molecule has 0 heterocycles. The molecule has 20 heavy (non-hydrogen) atoms. The van der Waals surface area contributed by atoms with E-state index in [-0.39, 0.29) is 0 Å². The van der Waals surface area contributed by atoms with Gasteiger partial charge in [-0.2, -0.15) is 0 Å². The molecule has 10 N–H and O–H groups in total. The van der Waals surface area contributed by atoms with Gasteiger partial charge in [0.1, 0.15) is 20.2 Å². The summed E-state index contributed by atoms with van der Waals surface area (Å²) in [6.07, 6.45) is 0. The molecule has 0 radical (unpaired) electrons. The van der Waals surface area contributed by atoms with E-state index in [0.717, 1.165) is 6.07 Å². The van der Waals surface area contributed by atoms with Crippen molar-refractivity contribution in [2.45, 2.75) is 9.79 Å². The fourth-order valence-electron chi connectivity index (χ4n) is 1.03. The van der Waals surface area contributed by atoms with Crippen LogP contribution < -0.4 is 22.9 Å². The van der Waals surface area contributed by atoms with Gasteiger partial charge in [-0.05, 0) is 12.1 Å². The van der Waals surface area contributed by atoms with Crippen molar-refractivity contribution in [1.82, 2.24) is 0 Å². The van der Waals surface area contributed by atoms with Crippen LogP contribution in [0.25, 0.3) is 0 Å². The summed E-state index contributed by atoms with van der Waals surface area (Å²) in [6, 6.07) is 1.09. The van der Waals surface area contributed by atoms with Gasteiger partial charge in [-0.25, -0.2) is 16.8 Å². The second-order valence-electron chi connectivity index (χ2n) is 2.84. The molecule has 0 unspecified atom stereocenters. The van der Waals surface area contributed by atoms with Crippen LogP contribution in [-0.2, 0) is 20.2 Å². The summed E-state index contributed by atoms with van der Waals surface area (Å²) in [4.78, 5) is -1.98. The molecular weight excluding hydrogens is 312 g/mol. The van der Waals surface area contributed by atoms with Crippen LogP contribution in [0.2, 0.25) is 0 Å². The minimum absolute atomic E-state index is 0.356. The van der Waals surface area contributed by atoms with Gasteiger partial charge in [-0.3, -0.25) is 0 Å². The van der Waals surface area contributed by atoms with Gasteiger partial charge in [0.25, 0.3) is 0 Å². The van der Waals surface area contributed by atoms with Crippen molar-refractivity contribution in [3.63, 3.8) is 0 Å². The average Bonchev–Trinajstić information content (AvgIpc) is 2.30. The largest absolute Gasteiger partial charge is 0.744 e. The van der Waals surface area contributed by atoms with Crippen molar-refractivity contribution in [2.24, 2.45) is 0 Å². The van der Waals surface area contributed by atoms with E-state index in [1.165, 1.54) is 0 Å². The molecule has 0 aliphatic rings. The fraction of sp³-hybridized carbons (Fsp3) is 0.250. The normalized spacial score (nSPS) is 10.7. The molecule has 0 spiro atoms. The molecule has 0 bridgehead atoms. The molecule has 12 heteroatoms. The maximum Gasteiger partial charge on any atom is 0.126 e. The Labute approximate surface area is 117 Å². The maximum absolute atomic E-state index is 10.7. The second kappa shape index (κ2) is 7.98. The quantitative estimate of drug-likeness (QED) is 0.312. The summed E-state index contributed by atoms with van der Waals surface area (Å²) in [6.45, 7) is 0. The minimum atomic E-state index is -4.97. The van der Waals surface area contributed by atoms with E-state index in [4.69, 9.17) is 11.5 Å². The van der Waals surface area contributed by atoms with Crippen molar-refractivity contribution < 1.29 is 37.4 Å². The Kier molecular flexibility index (Phi) is 8.33. The Bertz CT molecular complexity index is 588. The highest BCUT2D eigenvalue weighted by Crippen LogP contribution is 2.27. The Morgan fingerprint density at radius 3 is 1.25 bits per heavy atom. The summed E-state index contributed by atoms with van der Waals surface area (Å²) in [5.41, 5.74) is 15.8. The van der Waals surface area contributed by atoms with E-state index in [1.54, 1.807) is 14.1 Å². The van der Waals surface area contributed by atoms with Gasteiger partial charge < -0.3 is 32.0 Å². The van der Waals surface area contributed by atoms with Crippen LogP contribution in [0.5, 0.6) is 0 Å². The van der Waals surface area contributed by atoms with E-state index >= 15 is 0 Å². The van der Waals surface area contributed by atoms with Crippen molar-refractivity contribution in [3.8, 4) is 0 Å². The van der Waals surface area contributed by atoms with Crippen molar-refractivity contribution in [3.05, 3.63) is 12.1 Å². The number of quaternary nitrogens is 2. The highest BCUT2D eigenvalue weighted by Gasteiger charge is 2.14. The number of anilines is 2. The molecular formula is C8H18N4O6S2. The SMILES string of the molecule is C[NH3+].C[NH3+].Nc1cc(N)c(S(=O)(=O)[O-])cc1S(=O)(=O)[O-]. The summed E-state index contributed by atoms with van der Waals surface area (Å²) < 4.78 is 64.0. The predicted octanol–water partition coefficient (Wildman–Crippen LogP) is -3.62. The van der Waals surface area contributed by atoms with Crippen molar-refractivity contribution in [1.29, 1.82) is 0 Å². The summed E-state index contributed by atoms with van der Waals surface area (Å²) >= 11 is 0. The van der Waals surface area contributed by atoms with Crippen LogP contribution in [0.3, 0.4) is 0 Å². The smallest absolute Gasteiger partial charge is 0.126 e. The third-order valence-corrected chi connectivity index (χ3v) is 3.47. The van der Waals surface area contributed by atoms with Gasteiger partial charge in [0.2, 0.25) is 0 Å². The zero-order chi connectivity index (χ0) is 16.7. The number of hydrogen-bond acceptors (Lipinski definition) is 8. The minimum Gasteiger partial charge on any atom is -0.744 e. The summed E-state index contributed by atoms with van der Waals surface area (Å²) in [7, 11) is -6.43. The summed E-state index contributed by atoms with van der Waals surface area (Å²) in [5.74, 6) is 0. The standard InChI is InChI=1S/C6H8N2O6S2.2CH5N/c7-3-1-4(8)6(16(12,13)14)2-5(3)15(9,10)11;2*1-2/h1-2H,7-8H2,(H,9,10,11)(H,12,13,14);2*2H2,1H3. The highest BCUT2D eigenvalue weighted by atomic mass is 32.2. The van der Waals surface area contributed by atoms with Gasteiger partial charge in [0.15, 0.2) is 0 Å². The second-order valence-corrected chi connectivity index (χ2v) is 5.53. The molecule has 0 saturated carbocycles. The Morgan fingerprint density at radius 1 is 0.800 bits per heavy atom. The number of hydrogen-bond donors (Lipinski definition) is 4. The van der Waals surface area contributed by atoms with Gasteiger partial charge in [0.05, 0.1) is 35.3 Å². The molecule has 0 aromatic heterocycles. The first-order valence-electron chi connectivity index (χ1n) is 5.05. The Hall–Kier alpha value is -1.44. The molecule has 0 fully saturated rings. The zero-order valence-corrected chi connectivity index (χ0v) is 12.6. The van der Waals surface area contributed by atoms with E-state index in [2.05, 4.69) is 11.5 Å². The van der Waals surface area contributed by atoms with Crippen LogP contribution in [0.15, 0.2) is 21.9 Å². The number of nitrogen functional groups attached to an aromatic ring is 2. The van der Waals surface area contributed by atoms with Crippen LogP contribution >= 0.6 is 0 Å². The predicted molar refractivity (Wildman–Crippen MR) is 68.8 cm³/mol. The van der Waals surface area contributed by atoms with Gasteiger partial charge >= 0.3 is 0 Å². The molecule has 0 aliphatic carbocycles. The lowest BCUT2D eigenvalue weighted by atomic mass is 10.3. The third kappa shape index (κ3) is 5.68. The molecule has 0 amide bonds. The van der Waals surface area contributed by atoms with E-state index in [0.29, 0.717) is 6.07 Å². The van der Waals surface area contributed by atoms with Gasteiger partial charge in [0, 0.05) is 0 Å². The van der Waals surface area contributed by atoms with Crippen LogP contribution in [0, 0.1) is 0 Å². The van der Waals surface area contributed by atoms with E-state index < -0.39 is 41.4 Å². The first kappa shape index (κ1) is 20.9. The summed E-state index contributed by atoms with van der Waals surface area (Å²) in [5, 5.41) is 0. The van der Waals surface area contributed by atoms with Crippen molar-refractivity contribution in [2.75, 3.05) is 25.6 Å². The molecule has 1 aromatic rings. The average molecular weight is 330 g/mol. The van der Waals surface area contributed by atoms with Crippen molar-refractivity contribution >= 4 is 31.6 Å². The maximum atomic E-state index is 10.7. The molecule has 1 aromatic carbocycles. The van der Waals surface area contributed by atoms with Gasteiger partial charge in [-0.1, -0.05) is 0 Å². The molecule has 0 aliphatic heterocycles. The molecule has 10 nitrogen and oxygen atoms in total. The lowest BCUT2D eigenvalue weighted by Crippen LogP contribution is -2.40. The first-order chi connectivity index (χ1) is 9.03. The van der Waals surface area contributed by atoms with E-state index in [1.807, 2.05) is 0 Å². The highest BCUT2D eigenvalue weighted by molar-refractivity contribution is 7.86. The fourth-order valence-corrected chi connectivity index (χ4v) is 2.32. The lowest BCUT2D eigenvalue weighted by molar-refractivity contribution is -0.325. The number of rotatable bonds is 2. The Balaban J connectivity index is 0. The van der Waals surface area contributed by atoms with Crippen LogP contribution in [-0.4, -0.2) is 40.0 Å². The number of benzene rings is 1. The third-order valence-electron chi connectivity index (χ3n) is 1.68.